The second kappa shape index (κ2) is 10.3. The van der Waals surface area contributed by atoms with Crippen LogP contribution < -0.4 is 0 Å². The largest absolute Gasteiger partial charge is 0.293 e. The van der Waals surface area contributed by atoms with Crippen LogP contribution in [0.3, 0.4) is 0 Å². The fourth-order valence-corrected chi connectivity index (χ4v) is 4.14. The summed E-state index contributed by atoms with van der Waals surface area (Å²) in [5, 5.41) is 0. The molecular formula is C21H22O3S2. The lowest BCUT2D eigenvalue weighted by Crippen LogP contribution is -2.09. The summed E-state index contributed by atoms with van der Waals surface area (Å²) in [6.07, 6.45) is 1.56. The molecule has 136 valence electrons. The molecule has 0 unspecified atom stereocenters. The van der Waals surface area contributed by atoms with Crippen molar-refractivity contribution in [2.45, 2.75) is 26.7 Å². The highest BCUT2D eigenvalue weighted by Crippen LogP contribution is 2.21. The summed E-state index contributed by atoms with van der Waals surface area (Å²) in [6, 6.07) is 14.9. The van der Waals surface area contributed by atoms with Gasteiger partial charge in [-0.25, -0.2) is 0 Å². The van der Waals surface area contributed by atoms with Crippen LogP contribution in [0.25, 0.3) is 0 Å². The average Bonchev–Trinajstić information content (AvgIpc) is 2.69. The maximum absolute atomic E-state index is 12.3. The predicted octanol–water partition coefficient (Wildman–Crippen LogP) is 5.46. The van der Waals surface area contributed by atoms with Gasteiger partial charge in [-0.05, 0) is 24.0 Å². The Kier molecular flexibility index (Phi) is 8.13. The molecule has 0 saturated carbocycles. The minimum atomic E-state index is -0.199. The van der Waals surface area contributed by atoms with Crippen LogP contribution >= 0.6 is 23.5 Å². The van der Waals surface area contributed by atoms with Crippen LogP contribution in [0.5, 0.6) is 0 Å². The molecule has 26 heavy (non-hydrogen) atoms. The molecule has 0 atom stereocenters. The van der Waals surface area contributed by atoms with E-state index in [1.807, 2.05) is 50.2 Å². The topological polar surface area (TPSA) is 51.2 Å². The molecule has 0 N–H and O–H groups in total. The second-order valence-electron chi connectivity index (χ2n) is 5.70. The van der Waals surface area contributed by atoms with Crippen LogP contribution in [0.4, 0.5) is 4.79 Å². The van der Waals surface area contributed by atoms with E-state index in [0.29, 0.717) is 11.1 Å². The number of hydrogen-bond donors (Lipinski definition) is 0. The molecule has 0 radical (unpaired) electrons. The standard InChI is InChI=1S/C21H22O3S2/c1-3-15-9-5-7-11-17(15)19(22)13-25-21(24)26-14-20(23)18-12-8-6-10-16(18)4-2/h5-12H,3-4,13-14H2,1-2H3. The zero-order valence-electron chi connectivity index (χ0n) is 15.0. The Labute approximate surface area is 163 Å². The van der Waals surface area contributed by atoms with Crippen molar-refractivity contribution in [3.05, 3.63) is 70.8 Å². The number of carbonyl (C=O) groups is 3. The normalized spacial score (nSPS) is 10.5. The second-order valence-corrected chi connectivity index (χ2v) is 7.85. The van der Waals surface area contributed by atoms with E-state index in [-0.39, 0.29) is 27.5 Å². The minimum absolute atomic E-state index is 0.0518. The number of rotatable bonds is 8. The Balaban J connectivity index is 1.85. The molecule has 0 aliphatic carbocycles. The van der Waals surface area contributed by atoms with Crippen molar-refractivity contribution in [2.24, 2.45) is 0 Å². The molecule has 0 heterocycles. The van der Waals surface area contributed by atoms with Gasteiger partial charge in [0.15, 0.2) is 11.6 Å². The van der Waals surface area contributed by atoms with Gasteiger partial charge in [0.05, 0.1) is 11.5 Å². The molecule has 5 heteroatoms. The third kappa shape index (κ3) is 5.58. The minimum Gasteiger partial charge on any atom is -0.293 e. The van der Waals surface area contributed by atoms with Gasteiger partial charge in [0, 0.05) is 11.1 Å². The van der Waals surface area contributed by atoms with Crippen molar-refractivity contribution in [1.29, 1.82) is 0 Å². The van der Waals surface area contributed by atoms with Gasteiger partial charge in [-0.15, -0.1) is 0 Å². The SMILES string of the molecule is CCc1ccccc1C(=O)CSC(=O)SCC(=O)c1ccccc1CC. The quantitative estimate of drug-likeness (QED) is 0.564. The Morgan fingerprint density at radius 1 is 0.692 bits per heavy atom. The van der Waals surface area contributed by atoms with Gasteiger partial charge in [0.25, 0.3) is 0 Å². The van der Waals surface area contributed by atoms with Gasteiger partial charge in [-0.1, -0.05) is 85.9 Å². The number of aryl methyl sites for hydroxylation is 2. The Hall–Kier alpha value is -1.85. The maximum atomic E-state index is 12.3. The zero-order valence-corrected chi connectivity index (χ0v) is 16.6. The van der Waals surface area contributed by atoms with E-state index in [9.17, 15) is 14.4 Å². The maximum Gasteiger partial charge on any atom is 0.246 e. The molecule has 2 aromatic rings. The summed E-state index contributed by atoms with van der Waals surface area (Å²) in [5.41, 5.74) is 3.33. The number of ketones is 2. The first kappa shape index (κ1) is 20.5. The average molecular weight is 387 g/mol. The lowest BCUT2D eigenvalue weighted by molar-refractivity contribution is 0.101. The van der Waals surface area contributed by atoms with E-state index in [4.69, 9.17) is 0 Å². The van der Waals surface area contributed by atoms with Crippen molar-refractivity contribution in [2.75, 3.05) is 11.5 Å². The first-order chi connectivity index (χ1) is 12.6. The van der Waals surface area contributed by atoms with E-state index in [2.05, 4.69) is 0 Å². The third-order valence-corrected chi connectivity index (χ3v) is 6.03. The van der Waals surface area contributed by atoms with Crippen LogP contribution in [-0.2, 0) is 12.8 Å². The van der Waals surface area contributed by atoms with Gasteiger partial charge in [0.2, 0.25) is 4.45 Å². The number of thioether (sulfide) groups is 2. The van der Waals surface area contributed by atoms with Gasteiger partial charge >= 0.3 is 0 Å². The van der Waals surface area contributed by atoms with Gasteiger partial charge in [-0.3, -0.25) is 14.4 Å². The molecule has 0 aliphatic heterocycles. The highest BCUT2D eigenvalue weighted by Gasteiger charge is 2.16. The summed E-state index contributed by atoms with van der Waals surface area (Å²) in [6.45, 7) is 4.00. The van der Waals surface area contributed by atoms with Crippen molar-refractivity contribution in [3.8, 4) is 0 Å². The van der Waals surface area contributed by atoms with Gasteiger partial charge in [0.1, 0.15) is 0 Å². The first-order valence-electron chi connectivity index (χ1n) is 8.58. The number of hydrogen-bond acceptors (Lipinski definition) is 5. The van der Waals surface area contributed by atoms with Crippen molar-refractivity contribution in [3.63, 3.8) is 0 Å². The van der Waals surface area contributed by atoms with Crippen LogP contribution in [-0.4, -0.2) is 27.5 Å². The zero-order chi connectivity index (χ0) is 18.9. The van der Waals surface area contributed by atoms with Crippen molar-refractivity contribution < 1.29 is 14.4 Å². The molecule has 0 spiro atoms. The Bertz CT molecular complexity index is 734. The molecule has 0 amide bonds. The summed E-state index contributed by atoms with van der Waals surface area (Å²) in [4.78, 5) is 36.7. The highest BCUT2D eigenvalue weighted by molar-refractivity contribution is 8.38. The van der Waals surface area contributed by atoms with Gasteiger partial charge < -0.3 is 0 Å². The summed E-state index contributed by atoms with van der Waals surface area (Å²) < 4.78 is -0.199. The molecular weight excluding hydrogens is 364 g/mol. The Morgan fingerprint density at radius 2 is 1.08 bits per heavy atom. The van der Waals surface area contributed by atoms with Crippen LogP contribution in [0.1, 0.15) is 45.7 Å². The van der Waals surface area contributed by atoms with Crippen molar-refractivity contribution >= 4 is 39.5 Å². The van der Waals surface area contributed by atoms with Crippen molar-refractivity contribution in [1.82, 2.24) is 0 Å². The van der Waals surface area contributed by atoms with E-state index >= 15 is 0 Å². The molecule has 0 fully saturated rings. The molecule has 3 nitrogen and oxygen atoms in total. The Morgan fingerprint density at radius 3 is 1.46 bits per heavy atom. The molecule has 0 bridgehead atoms. The van der Waals surface area contributed by atoms with E-state index in [1.54, 1.807) is 12.1 Å². The number of carbonyl (C=O) groups excluding carboxylic acids is 3. The van der Waals surface area contributed by atoms with E-state index in [0.717, 1.165) is 47.5 Å². The summed E-state index contributed by atoms with van der Waals surface area (Å²) in [5.74, 6) is 0.0960. The lowest BCUT2D eigenvalue weighted by atomic mass is 10.0. The molecule has 2 rings (SSSR count). The monoisotopic (exact) mass is 386 g/mol. The smallest absolute Gasteiger partial charge is 0.246 e. The van der Waals surface area contributed by atoms with E-state index in [1.165, 1.54) is 0 Å². The number of benzene rings is 2. The molecule has 0 aliphatic rings. The predicted molar refractivity (Wildman–Crippen MR) is 111 cm³/mol. The molecule has 0 aromatic heterocycles. The van der Waals surface area contributed by atoms with Crippen LogP contribution in [0, 0.1) is 0 Å². The fraction of sp³-hybridized carbons (Fsp3) is 0.286. The van der Waals surface area contributed by atoms with Gasteiger partial charge in [-0.2, -0.15) is 0 Å². The summed E-state index contributed by atoms with van der Waals surface area (Å²) in [7, 11) is 0. The third-order valence-electron chi connectivity index (χ3n) is 4.04. The first-order valence-corrected chi connectivity index (χ1v) is 10.6. The highest BCUT2D eigenvalue weighted by atomic mass is 32.2. The molecule has 0 saturated heterocycles. The fourth-order valence-electron chi connectivity index (χ4n) is 2.65. The lowest BCUT2D eigenvalue weighted by Gasteiger charge is -2.07. The number of Topliss-reactive ketones (excluding diaryl/α,β-unsaturated/α-hetero) is 2. The molecule has 2 aromatic carbocycles. The van der Waals surface area contributed by atoms with E-state index < -0.39 is 0 Å². The van der Waals surface area contributed by atoms with Crippen LogP contribution in [0.2, 0.25) is 0 Å². The van der Waals surface area contributed by atoms with Crippen LogP contribution in [0.15, 0.2) is 48.5 Å². The summed E-state index contributed by atoms with van der Waals surface area (Å²) >= 11 is 1.94.